The zero-order chi connectivity index (χ0) is 10.0. The first kappa shape index (κ1) is 9.44. The molecule has 0 atom stereocenters. The molecule has 0 saturated carbocycles. The summed E-state index contributed by atoms with van der Waals surface area (Å²) in [4.78, 5) is 10.4. The summed E-state index contributed by atoms with van der Waals surface area (Å²) < 4.78 is 30.0. The van der Waals surface area contributed by atoms with Crippen LogP contribution in [0.5, 0.6) is 5.75 Å². The fraction of sp³-hybridized carbons (Fsp3) is 0.125. The average Bonchev–Trinajstić information content (AvgIpc) is 2.06. The molecular formula is C8H7F2NO2. The Kier molecular flexibility index (Phi) is 2.46. The highest BCUT2D eigenvalue weighted by Crippen LogP contribution is 2.23. The highest BCUT2D eigenvalue weighted by molar-refractivity contribution is 5.69. The van der Waals surface area contributed by atoms with Crippen molar-refractivity contribution < 1.29 is 18.3 Å². The van der Waals surface area contributed by atoms with E-state index in [0.29, 0.717) is 0 Å². The van der Waals surface area contributed by atoms with Crippen LogP contribution in [0.25, 0.3) is 0 Å². The monoisotopic (exact) mass is 187 g/mol. The van der Waals surface area contributed by atoms with Gasteiger partial charge in [0.05, 0.1) is 5.69 Å². The molecule has 5 heteroatoms. The first-order valence-corrected chi connectivity index (χ1v) is 3.44. The Morgan fingerprint density at radius 1 is 1.38 bits per heavy atom. The Labute approximate surface area is 73.1 Å². The molecular weight excluding hydrogens is 180 g/mol. The fourth-order valence-electron chi connectivity index (χ4n) is 0.780. The van der Waals surface area contributed by atoms with Crippen LogP contribution in [0.4, 0.5) is 14.5 Å². The number of carbonyl (C=O) groups is 1. The van der Waals surface area contributed by atoms with Gasteiger partial charge in [-0.25, -0.2) is 4.39 Å². The number of carbonyl (C=O) groups excluding carboxylic acids is 1. The number of nitrogen functional groups attached to an aromatic ring is 1. The van der Waals surface area contributed by atoms with E-state index in [2.05, 4.69) is 4.74 Å². The van der Waals surface area contributed by atoms with E-state index in [4.69, 9.17) is 5.73 Å². The molecule has 1 rings (SSSR count). The average molecular weight is 187 g/mol. The molecule has 0 unspecified atom stereocenters. The Morgan fingerprint density at radius 2 is 2.00 bits per heavy atom. The lowest BCUT2D eigenvalue weighted by atomic mass is 10.3. The molecule has 1 aromatic rings. The number of halogens is 2. The fourth-order valence-corrected chi connectivity index (χ4v) is 0.780. The van der Waals surface area contributed by atoms with Crippen LogP contribution in [0.3, 0.4) is 0 Å². The van der Waals surface area contributed by atoms with Crippen molar-refractivity contribution in [3.63, 3.8) is 0 Å². The van der Waals surface area contributed by atoms with Gasteiger partial charge in [-0.15, -0.1) is 0 Å². The topological polar surface area (TPSA) is 52.3 Å². The van der Waals surface area contributed by atoms with E-state index >= 15 is 0 Å². The smallest absolute Gasteiger partial charge is 0.308 e. The first-order chi connectivity index (χ1) is 6.02. The molecule has 0 radical (unpaired) electrons. The van der Waals surface area contributed by atoms with Crippen LogP contribution < -0.4 is 10.5 Å². The molecule has 0 aliphatic rings. The van der Waals surface area contributed by atoms with Crippen molar-refractivity contribution >= 4 is 11.7 Å². The SMILES string of the molecule is CC(=O)Oc1ccc(N)c(F)c1F. The van der Waals surface area contributed by atoms with Crippen molar-refractivity contribution in [1.82, 2.24) is 0 Å². The number of benzene rings is 1. The summed E-state index contributed by atoms with van der Waals surface area (Å²) >= 11 is 0. The summed E-state index contributed by atoms with van der Waals surface area (Å²) in [6.45, 7) is 1.09. The van der Waals surface area contributed by atoms with Crippen LogP contribution in [0.15, 0.2) is 12.1 Å². The van der Waals surface area contributed by atoms with E-state index in [-0.39, 0.29) is 5.69 Å². The number of esters is 1. The van der Waals surface area contributed by atoms with Crippen LogP contribution >= 0.6 is 0 Å². The quantitative estimate of drug-likeness (QED) is 0.411. The molecule has 0 fully saturated rings. The molecule has 1 aromatic carbocycles. The molecule has 13 heavy (non-hydrogen) atoms. The van der Waals surface area contributed by atoms with E-state index < -0.39 is 23.4 Å². The number of nitrogens with two attached hydrogens (primary N) is 1. The summed E-state index contributed by atoms with van der Waals surface area (Å²) in [6.07, 6.45) is 0. The van der Waals surface area contributed by atoms with Gasteiger partial charge in [0.25, 0.3) is 0 Å². The third-order valence-electron chi connectivity index (χ3n) is 1.33. The second kappa shape index (κ2) is 3.38. The Hall–Kier alpha value is -1.65. The van der Waals surface area contributed by atoms with E-state index in [1.807, 2.05) is 0 Å². The maximum atomic E-state index is 12.9. The Bertz CT molecular complexity index is 352. The molecule has 70 valence electrons. The summed E-state index contributed by atoms with van der Waals surface area (Å²) in [5.74, 6) is -3.64. The van der Waals surface area contributed by atoms with Crippen LogP contribution in [-0.2, 0) is 4.79 Å². The number of hydrogen-bond acceptors (Lipinski definition) is 3. The summed E-state index contributed by atoms with van der Waals surface area (Å²) in [7, 11) is 0. The van der Waals surface area contributed by atoms with Gasteiger partial charge in [-0.3, -0.25) is 4.79 Å². The normalized spacial score (nSPS) is 9.77. The molecule has 0 amide bonds. The molecule has 0 spiro atoms. The Balaban J connectivity index is 3.10. The molecule has 3 nitrogen and oxygen atoms in total. The van der Waals surface area contributed by atoms with Gasteiger partial charge in [-0.2, -0.15) is 4.39 Å². The second-order valence-corrected chi connectivity index (χ2v) is 2.37. The minimum absolute atomic E-state index is 0.326. The van der Waals surface area contributed by atoms with Gasteiger partial charge >= 0.3 is 5.97 Å². The van der Waals surface area contributed by atoms with Gasteiger partial charge in [0.2, 0.25) is 5.82 Å². The van der Waals surface area contributed by atoms with Crippen molar-refractivity contribution in [3.05, 3.63) is 23.8 Å². The lowest BCUT2D eigenvalue weighted by Gasteiger charge is -2.04. The second-order valence-electron chi connectivity index (χ2n) is 2.37. The molecule has 0 aliphatic carbocycles. The maximum Gasteiger partial charge on any atom is 0.308 e. The van der Waals surface area contributed by atoms with Gasteiger partial charge < -0.3 is 10.5 Å². The minimum Gasteiger partial charge on any atom is -0.423 e. The molecule has 0 heterocycles. The minimum atomic E-state index is -1.25. The number of ether oxygens (including phenoxy) is 1. The van der Waals surface area contributed by atoms with Crippen molar-refractivity contribution in [2.24, 2.45) is 0 Å². The van der Waals surface area contributed by atoms with Crippen LogP contribution in [0, 0.1) is 11.6 Å². The van der Waals surface area contributed by atoms with Gasteiger partial charge in [0.1, 0.15) is 0 Å². The van der Waals surface area contributed by atoms with E-state index in [1.165, 1.54) is 0 Å². The third-order valence-corrected chi connectivity index (χ3v) is 1.33. The molecule has 0 bridgehead atoms. The van der Waals surface area contributed by atoms with Gasteiger partial charge in [-0.1, -0.05) is 0 Å². The van der Waals surface area contributed by atoms with Crippen molar-refractivity contribution in [2.45, 2.75) is 6.92 Å². The highest BCUT2D eigenvalue weighted by Gasteiger charge is 2.13. The number of anilines is 1. The molecule has 0 aliphatic heterocycles. The predicted molar refractivity (Wildman–Crippen MR) is 42.1 cm³/mol. The van der Waals surface area contributed by atoms with Crippen LogP contribution in [0.2, 0.25) is 0 Å². The summed E-state index contributed by atoms with van der Waals surface area (Å²) in [6, 6.07) is 2.21. The molecule has 0 saturated heterocycles. The van der Waals surface area contributed by atoms with Crippen molar-refractivity contribution in [1.29, 1.82) is 0 Å². The summed E-state index contributed by atoms with van der Waals surface area (Å²) in [5.41, 5.74) is 4.74. The van der Waals surface area contributed by atoms with Gasteiger partial charge in [0, 0.05) is 6.92 Å². The molecule has 0 aromatic heterocycles. The predicted octanol–water partition coefficient (Wildman–Crippen LogP) is 1.47. The zero-order valence-corrected chi connectivity index (χ0v) is 6.80. The lowest BCUT2D eigenvalue weighted by Crippen LogP contribution is -2.05. The Morgan fingerprint density at radius 3 is 2.54 bits per heavy atom. The first-order valence-electron chi connectivity index (χ1n) is 3.44. The zero-order valence-electron chi connectivity index (χ0n) is 6.80. The van der Waals surface area contributed by atoms with E-state index in [1.54, 1.807) is 0 Å². The number of hydrogen-bond donors (Lipinski definition) is 1. The lowest BCUT2D eigenvalue weighted by molar-refractivity contribution is -0.132. The van der Waals surface area contributed by atoms with Gasteiger partial charge in [-0.05, 0) is 12.1 Å². The van der Waals surface area contributed by atoms with Gasteiger partial charge in [0.15, 0.2) is 11.6 Å². The maximum absolute atomic E-state index is 12.9. The van der Waals surface area contributed by atoms with Crippen molar-refractivity contribution in [2.75, 3.05) is 5.73 Å². The van der Waals surface area contributed by atoms with Crippen LogP contribution in [0.1, 0.15) is 6.92 Å². The van der Waals surface area contributed by atoms with Crippen LogP contribution in [-0.4, -0.2) is 5.97 Å². The highest BCUT2D eigenvalue weighted by atomic mass is 19.2. The number of rotatable bonds is 1. The van der Waals surface area contributed by atoms with Crippen molar-refractivity contribution in [3.8, 4) is 5.75 Å². The standard InChI is InChI=1S/C8H7F2NO2/c1-4(12)13-6-3-2-5(11)7(9)8(6)10/h2-3H,11H2,1H3. The van der Waals surface area contributed by atoms with E-state index in [0.717, 1.165) is 19.1 Å². The molecule has 2 N–H and O–H groups in total. The largest absolute Gasteiger partial charge is 0.423 e. The summed E-state index contributed by atoms with van der Waals surface area (Å²) in [5, 5.41) is 0. The third kappa shape index (κ3) is 1.93. The van der Waals surface area contributed by atoms with E-state index in [9.17, 15) is 13.6 Å².